The first-order valence-corrected chi connectivity index (χ1v) is 13.5. The zero-order chi connectivity index (χ0) is 24.1. The zero-order valence-corrected chi connectivity index (χ0v) is 21.3. The molecule has 2 fully saturated rings. The fourth-order valence-corrected chi connectivity index (χ4v) is 5.81. The Bertz CT molecular complexity index is 985. The van der Waals surface area contributed by atoms with E-state index in [1.54, 1.807) is 0 Å². The van der Waals surface area contributed by atoms with Gasteiger partial charge in [-0.05, 0) is 61.6 Å². The highest BCUT2D eigenvalue weighted by Gasteiger charge is 2.32. The van der Waals surface area contributed by atoms with Crippen LogP contribution in [0.25, 0.3) is 11.5 Å². The van der Waals surface area contributed by atoms with Crippen LogP contribution in [0.4, 0.5) is 4.79 Å². The molecule has 1 N–H and O–H groups in total. The molecular formula is C27H36N2O4S. The first kappa shape index (κ1) is 25.0. The van der Waals surface area contributed by atoms with E-state index in [-0.39, 0.29) is 22.5 Å². The summed E-state index contributed by atoms with van der Waals surface area (Å²) in [4.78, 5) is 28.0. The predicted molar refractivity (Wildman–Crippen MR) is 135 cm³/mol. The average molecular weight is 485 g/mol. The van der Waals surface area contributed by atoms with Crippen LogP contribution in [0.5, 0.6) is 0 Å². The first-order chi connectivity index (χ1) is 16.4. The van der Waals surface area contributed by atoms with Crippen molar-refractivity contribution in [2.24, 2.45) is 11.8 Å². The lowest BCUT2D eigenvalue weighted by Gasteiger charge is -2.29. The number of nitrogens with zero attached hydrogens (tertiary/aromatic N) is 1. The molecule has 1 aliphatic carbocycles. The lowest BCUT2D eigenvalue weighted by Crippen LogP contribution is -2.26. The van der Waals surface area contributed by atoms with Gasteiger partial charge >= 0.3 is 0 Å². The lowest BCUT2D eigenvalue weighted by molar-refractivity contribution is -0.119. The smallest absolute Gasteiger partial charge is 0.286 e. The number of thioether (sulfide) groups is 1. The second-order valence-corrected chi connectivity index (χ2v) is 11.1. The second-order valence-electron chi connectivity index (χ2n) is 9.96. The first-order valence-electron chi connectivity index (χ1n) is 12.6. The highest BCUT2D eigenvalue weighted by molar-refractivity contribution is 8.15. The van der Waals surface area contributed by atoms with Crippen LogP contribution in [0.1, 0.15) is 76.3 Å². The van der Waals surface area contributed by atoms with Crippen LogP contribution in [0.3, 0.4) is 0 Å². The number of hydrogen-bond acceptors (Lipinski definition) is 6. The maximum atomic E-state index is 11.8. The third kappa shape index (κ3) is 6.51. The Balaban J connectivity index is 1.31. The minimum atomic E-state index is -0.228. The van der Waals surface area contributed by atoms with Gasteiger partial charge in [-0.1, -0.05) is 57.5 Å². The molecule has 6 nitrogen and oxygen atoms in total. The van der Waals surface area contributed by atoms with Crippen molar-refractivity contribution >= 4 is 22.9 Å². The van der Waals surface area contributed by atoms with Crippen LogP contribution in [-0.2, 0) is 29.0 Å². The molecule has 3 atom stereocenters. The van der Waals surface area contributed by atoms with Gasteiger partial charge in [0, 0.05) is 12.0 Å². The molecule has 4 rings (SSSR count). The number of nitrogens with one attached hydrogen (secondary N) is 1. The average Bonchev–Trinajstić information content (AvgIpc) is 3.38. The van der Waals surface area contributed by atoms with Gasteiger partial charge in [-0.2, -0.15) is 0 Å². The number of rotatable bonds is 10. The number of hydrogen-bond donors (Lipinski definition) is 1. The van der Waals surface area contributed by atoms with E-state index < -0.39 is 0 Å². The molecule has 34 heavy (non-hydrogen) atoms. The number of carbonyl (C=O) groups is 2. The maximum Gasteiger partial charge on any atom is 0.286 e. The summed E-state index contributed by atoms with van der Waals surface area (Å²) in [5.74, 6) is 2.58. The second kappa shape index (κ2) is 11.5. The monoisotopic (exact) mass is 484 g/mol. The van der Waals surface area contributed by atoms with Crippen molar-refractivity contribution in [1.29, 1.82) is 0 Å². The van der Waals surface area contributed by atoms with Crippen LogP contribution in [-0.4, -0.2) is 27.5 Å². The van der Waals surface area contributed by atoms with Gasteiger partial charge < -0.3 is 9.15 Å². The minimum absolute atomic E-state index is 0.137. The van der Waals surface area contributed by atoms with Crippen LogP contribution in [0, 0.1) is 11.8 Å². The number of imide groups is 1. The van der Waals surface area contributed by atoms with Crippen molar-refractivity contribution in [2.45, 2.75) is 90.1 Å². The maximum absolute atomic E-state index is 11.8. The standard InChI is InChI=1S/C27H36N2O4S/c1-4-23-22(28-26(33-23)20-11-8-19(9-12-20)14-17(2)3)16-32-21-7-5-6-18(15-21)10-13-24-25(30)29-27(31)34-24/h8-9,11-12,17-18,21,24H,4-7,10,13-16H2,1-3H3,(H,29,30,31). The van der Waals surface area contributed by atoms with E-state index in [0.29, 0.717) is 24.3 Å². The Labute approximate surface area is 206 Å². The molecule has 1 saturated carbocycles. The summed E-state index contributed by atoms with van der Waals surface area (Å²) >= 11 is 1.13. The largest absolute Gasteiger partial charge is 0.441 e. The molecule has 2 heterocycles. The molecule has 1 aromatic carbocycles. The van der Waals surface area contributed by atoms with Crippen LogP contribution in [0.15, 0.2) is 28.7 Å². The Kier molecular flexibility index (Phi) is 8.48. The van der Waals surface area contributed by atoms with Crippen molar-refractivity contribution in [2.75, 3.05) is 0 Å². The molecule has 0 radical (unpaired) electrons. The molecule has 1 aliphatic heterocycles. The third-order valence-corrected chi connectivity index (χ3v) is 7.79. The van der Waals surface area contributed by atoms with E-state index in [1.165, 1.54) is 5.56 Å². The fraction of sp³-hybridized carbons (Fsp3) is 0.593. The number of amides is 2. The van der Waals surface area contributed by atoms with Gasteiger partial charge in [-0.15, -0.1) is 0 Å². The summed E-state index contributed by atoms with van der Waals surface area (Å²) in [5, 5.41) is 1.94. The Morgan fingerprint density at radius 3 is 2.65 bits per heavy atom. The van der Waals surface area contributed by atoms with Gasteiger partial charge in [0.2, 0.25) is 11.8 Å². The molecule has 0 bridgehead atoms. The topological polar surface area (TPSA) is 81.4 Å². The van der Waals surface area contributed by atoms with E-state index in [2.05, 4.69) is 50.4 Å². The van der Waals surface area contributed by atoms with Crippen molar-refractivity contribution in [1.82, 2.24) is 10.3 Å². The van der Waals surface area contributed by atoms with E-state index in [1.807, 2.05) is 0 Å². The van der Waals surface area contributed by atoms with E-state index in [4.69, 9.17) is 14.1 Å². The molecule has 1 saturated heterocycles. The summed E-state index contributed by atoms with van der Waals surface area (Å²) in [6.07, 6.45) is 8.10. The number of aryl methyl sites for hydroxylation is 1. The van der Waals surface area contributed by atoms with Gasteiger partial charge in [0.1, 0.15) is 11.5 Å². The molecule has 3 unspecified atom stereocenters. The molecule has 2 aromatic rings. The highest BCUT2D eigenvalue weighted by Crippen LogP contribution is 2.33. The van der Waals surface area contributed by atoms with Crippen molar-refractivity contribution in [3.63, 3.8) is 0 Å². The summed E-state index contributed by atoms with van der Waals surface area (Å²) in [5.41, 5.74) is 3.22. The molecule has 7 heteroatoms. The number of carbonyl (C=O) groups excluding carboxylic acids is 2. The van der Waals surface area contributed by atoms with Crippen LogP contribution < -0.4 is 5.32 Å². The number of aromatic nitrogens is 1. The molecule has 184 valence electrons. The number of ether oxygens (including phenoxy) is 1. The summed E-state index contributed by atoms with van der Waals surface area (Å²) in [6.45, 7) is 7.00. The van der Waals surface area contributed by atoms with Crippen LogP contribution in [0.2, 0.25) is 0 Å². The molecule has 1 aromatic heterocycles. The van der Waals surface area contributed by atoms with Crippen molar-refractivity contribution < 1.29 is 18.7 Å². The van der Waals surface area contributed by atoms with Gasteiger partial charge in [0.15, 0.2) is 0 Å². The summed E-state index contributed by atoms with van der Waals surface area (Å²) in [7, 11) is 0. The van der Waals surface area contributed by atoms with Crippen molar-refractivity contribution in [3.8, 4) is 11.5 Å². The van der Waals surface area contributed by atoms with E-state index in [9.17, 15) is 9.59 Å². The number of oxazole rings is 1. The fourth-order valence-electron chi connectivity index (χ4n) is 4.97. The Hall–Kier alpha value is -2.12. The highest BCUT2D eigenvalue weighted by atomic mass is 32.2. The van der Waals surface area contributed by atoms with Gasteiger partial charge in [0.05, 0.1) is 18.0 Å². The normalized spacial score (nSPS) is 23.0. The molecule has 0 spiro atoms. The number of benzene rings is 1. The van der Waals surface area contributed by atoms with E-state index in [0.717, 1.165) is 80.1 Å². The predicted octanol–water partition coefficient (Wildman–Crippen LogP) is 6.31. The summed E-state index contributed by atoms with van der Waals surface area (Å²) in [6, 6.07) is 8.51. The molecule has 2 aliphatic rings. The van der Waals surface area contributed by atoms with Crippen LogP contribution >= 0.6 is 11.8 Å². The van der Waals surface area contributed by atoms with Gasteiger partial charge in [0.25, 0.3) is 5.24 Å². The van der Waals surface area contributed by atoms with Gasteiger partial charge in [-0.25, -0.2) is 4.98 Å². The minimum Gasteiger partial charge on any atom is -0.441 e. The molecular weight excluding hydrogens is 448 g/mol. The molecule has 2 amide bonds. The lowest BCUT2D eigenvalue weighted by atomic mass is 9.84. The Morgan fingerprint density at radius 2 is 1.97 bits per heavy atom. The van der Waals surface area contributed by atoms with Crippen molar-refractivity contribution in [3.05, 3.63) is 41.3 Å². The van der Waals surface area contributed by atoms with Gasteiger partial charge in [-0.3, -0.25) is 14.9 Å². The third-order valence-electron chi connectivity index (χ3n) is 6.74. The SMILES string of the molecule is CCc1oc(-c2ccc(CC(C)C)cc2)nc1COC1CCCC(CCC2SC(=O)NC2=O)C1. The Morgan fingerprint density at radius 1 is 1.18 bits per heavy atom. The zero-order valence-electron chi connectivity index (χ0n) is 20.5. The van der Waals surface area contributed by atoms with E-state index >= 15 is 0 Å². The summed E-state index contributed by atoms with van der Waals surface area (Å²) < 4.78 is 12.4. The quantitative estimate of drug-likeness (QED) is 0.426.